The molecule has 0 rings (SSSR count). The minimum absolute atomic E-state index is 0.102. The summed E-state index contributed by atoms with van der Waals surface area (Å²) in [5, 5.41) is 0. The first-order valence-corrected chi connectivity index (χ1v) is 32.3. The van der Waals surface area contributed by atoms with Gasteiger partial charge in [-0.2, -0.15) is 0 Å². The molecule has 0 aliphatic carbocycles. The number of hydrogen-bond acceptors (Lipinski definition) is 6. The molecule has 0 spiro atoms. The molecule has 0 aromatic heterocycles. The Morgan fingerprint density at radius 2 is 0.494 bits per heavy atom. The molecule has 0 aromatic rings. The molecule has 1 unspecified atom stereocenters. The molecule has 0 N–H and O–H groups in total. The Morgan fingerprint density at radius 3 is 0.772 bits per heavy atom. The topological polar surface area (TPSA) is 78.9 Å². The molecule has 0 saturated carbocycles. The zero-order chi connectivity index (χ0) is 57.1. The number of carbonyl (C=O) groups excluding carboxylic acids is 3. The third-order valence-corrected chi connectivity index (χ3v) is 13.3. The van der Waals surface area contributed by atoms with Gasteiger partial charge in [-0.15, -0.1) is 0 Å². The summed E-state index contributed by atoms with van der Waals surface area (Å²) in [5.41, 5.74) is 0. The Bertz CT molecular complexity index is 1730. The first-order chi connectivity index (χ1) is 39.0. The lowest BCUT2D eigenvalue weighted by molar-refractivity contribution is -0.167. The molecule has 6 heteroatoms. The van der Waals surface area contributed by atoms with E-state index in [9.17, 15) is 14.4 Å². The second-order valence-electron chi connectivity index (χ2n) is 20.9. The highest BCUT2D eigenvalue weighted by Crippen LogP contribution is 2.14. The van der Waals surface area contributed by atoms with E-state index >= 15 is 0 Å². The highest BCUT2D eigenvalue weighted by molar-refractivity contribution is 5.71. The second-order valence-corrected chi connectivity index (χ2v) is 20.9. The molecule has 0 amide bonds. The van der Waals surface area contributed by atoms with Crippen molar-refractivity contribution < 1.29 is 28.6 Å². The van der Waals surface area contributed by atoms with Crippen molar-refractivity contribution in [3.63, 3.8) is 0 Å². The first-order valence-electron chi connectivity index (χ1n) is 32.3. The number of hydrogen-bond donors (Lipinski definition) is 0. The van der Waals surface area contributed by atoms with Crippen LogP contribution >= 0.6 is 0 Å². The van der Waals surface area contributed by atoms with Crippen LogP contribution < -0.4 is 0 Å². The van der Waals surface area contributed by atoms with Gasteiger partial charge in [-0.1, -0.05) is 263 Å². The fraction of sp³-hybridized carbons (Fsp3) is 0.630. The van der Waals surface area contributed by atoms with Gasteiger partial charge in [0, 0.05) is 19.3 Å². The normalized spacial score (nSPS) is 13.1. The molecule has 0 radical (unpaired) electrons. The van der Waals surface area contributed by atoms with Crippen LogP contribution in [0.1, 0.15) is 278 Å². The fourth-order valence-electron chi connectivity index (χ4n) is 8.53. The number of ether oxygens (including phenoxy) is 3. The third kappa shape index (κ3) is 64.0. The van der Waals surface area contributed by atoms with Gasteiger partial charge in [0.2, 0.25) is 0 Å². The molecule has 0 heterocycles. The Balaban J connectivity index is 4.50. The molecular formula is C73H118O6. The molecule has 0 aromatic carbocycles. The van der Waals surface area contributed by atoms with Crippen LogP contribution in [-0.4, -0.2) is 37.2 Å². The average Bonchev–Trinajstić information content (AvgIpc) is 3.45. The highest BCUT2D eigenvalue weighted by Gasteiger charge is 2.19. The van der Waals surface area contributed by atoms with Crippen LogP contribution in [0.25, 0.3) is 0 Å². The number of carbonyl (C=O) groups is 3. The van der Waals surface area contributed by atoms with Gasteiger partial charge in [0.25, 0.3) is 0 Å². The van der Waals surface area contributed by atoms with Crippen molar-refractivity contribution in [2.45, 2.75) is 284 Å². The van der Waals surface area contributed by atoms with E-state index in [-0.39, 0.29) is 31.1 Å². The summed E-state index contributed by atoms with van der Waals surface area (Å²) < 4.78 is 16.9. The Kier molecular flexibility index (Phi) is 61.9. The van der Waals surface area contributed by atoms with Crippen LogP contribution in [0.2, 0.25) is 0 Å². The van der Waals surface area contributed by atoms with Crippen molar-refractivity contribution in [3.05, 3.63) is 146 Å². The van der Waals surface area contributed by atoms with E-state index in [2.05, 4.69) is 167 Å². The molecule has 0 bridgehead atoms. The zero-order valence-corrected chi connectivity index (χ0v) is 51.1. The van der Waals surface area contributed by atoms with Gasteiger partial charge in [-0.3, -0.25) is 14.4 Å². The molecule has 0 saturated heterocycles. The van der Waals surface area contributed by atoms with Crippen molar-refractivity contribution in [2.75, 3.05) is 13.2 Å². The standard InChI is InChI=1S/C73H118O6/c1-4-7-10-13-16-19-22-25-28-31-33-35-36-38-39-42-45-48-51-54-57-60-63-66-72(75)78-69-70(68-77-71(74)65-62-59-56-53-50-47-44-41-30-27-24-21-18-15-12-9-6-3)79-73(76)67-64-61-58-55-52-49-46-43-40-37-34-32-29-26-23-20-17-14-11-8-5-2/h7,9-10,12,16,18-19,21,23,25-28,30,32-35,38-40,43,45,48,70H,4-6,8,11,13-15,17,20,22,24,29,31,36-37,41-42,44,46-47,49-69H2,1-3H3/b10-7-,12-9-,19-16-,21-18-,26-23-,28-25-,30-27-,34-32-,35-33-,39-38-,43-40-,48-45-. The lowest BCUT2D eigenvalue weighted by Crippen LogP contribution is -2.30. The van der Waals surface area contributed by atoms with E-state index in [1.54, 1.807) is 0 Å². The van der Waals surface area contributed by atoms with Gasteiger partial charge in [0.05, 0.1) is 0 Å². The van der Waals surface area contributed by atoms with Crippen LogP contribution in [0.5, 0.6) is 0 Å². The first kappa shape index (κ1) is 74.3. The van der Waals surface area contributed by atoms with Crippen LogP contribution in [-0.2, 0) is 28.6 Å². The summed E-state index contributed by atoms with van der Waals surface area (Å²) in [7, 11) is 0. The fourth-order valence-corrected chi connectivity index (χ4v) is 8.53. The van der Waals surface area contributed by atoms with Gasteiger partial charge in [-0.25, -0.2) is 0 Å². The largest absolute Gasteiger partial charge is 0.462 e. The maximum atomic E-state index is 12.9. The number of rotatable bonds is 57. The summed E-state index contributed by atoms with van der Waals surface area (Å²) in [6.07, 6.45) is 94.1. The van der Waals surface area contributed by atoms with Crippen molar-refractivity contribution in [3.8, 4) is 0 Å². The van der Waals surface area contributed by atoms with E-state index < -0.39 is 6.10 Å². The van der Waals surface area contributed by atoms with E-state index in [0.29, 0.717) is 19.3 Å². The maximum absolute atomic E-state index is 12.9. The van der Waals surface area contributed by atoms with Crippen molar-refractivity contribution >= 4 is 17.9 Å². The lowest BCUT2D eigenvalue weighted by Gasteiger charge is -2.18. The molecule has 1 atom stereocenters. The molecule has 6 nitrogen and oxygen atoms in total. The number of unbranched alkanes of at least 4 members (excludes halogenated alkanes) is 22. The zero-order valence-electron chi connectivity index (χ0n) is 51.1. The molecule has 79 heavy (non-hydrogen) atoms. The summed E-state index contributed by atoms with van der Waals surface area (Å²) in [6, 6.07) is 0. The van der Waals surface area contributed by atoms with Gasteiger partial charge >= 0.3 is 17.9 Å². The van der Waals surface area contributed by atoms with Crippen LogP contribution in [0.3, 0.4) is 0 Å². The van der Waals surface area contributed by atoms with Crippen LogP contribution in [0.15, 0.2) is 146 Å². The summed E-state index contributed by atoms with van der Waals surface area (Å²) in [5.74, 6) is -0.949. The van der Waals surface area contributed by atoms with Crippen molar-refractivity contribution in [2.24, 2.45) is 0 Å². The summed E-state index contributed by atoms with van der Waals surface area (Å²) in [6.45, 7) is 6.37. The Labute approximate surface area is 487 Å². The third-order valence-electron chi connectivity index (χ3n) is 13.3. The Hall–Kier alpha value is -4.71. The molecule has 0 aliphatic rings. The summed E-state index contributed by atoms with van der Waals surface area (Å²) in [4.78, 5) is 38.4. The maximum Gasteiger partial charge on any atom is 0.306 e. The lowest BCUT2D eigenvalue weighted by atomic mass is 10.1. The quantitative estimate of drug-likeness (QED) is 0.0261. The predicted molar refractivity (Wildman–Crippen MR) is 343 cm³/mol. The number of esters is 3. The second kappa shape index (κ2) is 65.8. The minimum Gasteiger partial charge on any atom is -0.462 e. The van der Waals surface area contributed by atoms with Crippen molar-refractivity contribution in [1.29, 1.82) is 0 Å². The van der Waals surface area contributed by atoms with E-state index in [4.69, 9.17) is 14.2 Å². The molecule has 446 valence electrons. The molecule has 0 fully saturated rings. The smallest absolute Gasteiger partial charge is 0.306 e. The van der Waals surface area contributed by atoms with Gasteiger partial charge in [0.1, 0.15) is 13.2 Å². The molecule has 0 aliphatic heterocycles. The van der Waals surface area contributed by atoms with E-state index in [0.717, 1.165) is 161 Å². The summed E-state index contributed by atoms with van der Waals surface area (Å²) >= 11 is 0. The van der Waals surface area contributed by atoms with Crippen molar-refractivity contribution in [1.82, 2.24) is 0 Å². The Morgan fingerprint density at radius 1 is 0.266 bits per heavy atom. The number of allylic oxidation sites excluding steroid dienone is 24. The molecular weight excluding hydrogens is 973 g/mol. The minimum atomic E-state index is -0.809. The SMILES string of the molecule is CC/C=C\C/C=C\C/C=C\C/C=C\C/C=C\C/C=C\CCCCCCC(=O)OCC(COC(=O)CCCCCCCCC/C=C\C/C=C\C/C=C\CC)OC(=O)CCCCCCCC/C=C\C/C=C\C/C=C\CCCCCCC. The van der Waals surface area contributed by atoms with Crippen LogP contribution in [0.4, 0.5) is 0 Å². The predicted octanol–water partition coefficient (Wildman–Crippen LogP) is 22.3. The van der Waals surface area contributed by atoms with Gasteiger partial charge < -0.3 is 14.2 Å². The van der Waals surface area contributed by atoms with E-state index in [1.165, 1.54) is 77.0 Å². The van der Waals surface area contributed by atoms with E-state index in [1.807, 2.05) is 0 Å². The highest BCUT2D eigenvalue weighted by atomic mass is 16.6. The van der Waals surface area contributed by atoms with Gasteiger partial charge in [-0.05, 0) is 141 Å². The average molecular weight is 1090 g/mol. The van der Waals surface area contributed by atoms with Crippen LogP contribution in [0, 0.1) is 0 Å². The van der Waals surface area contributed by atoms with Gasteiger partial charge in [0.15, 0.2) is 6.10 Å². The monoisotopic (exact) mass is 1090 g/mol.